The van der Waals surface area contributed by atoms with Gasteiger partial charge in [0.2, 0.25) is 11.8 Å². The first-order valence-electron chi connectivity index (χ1n) is 12.5. The van der Waals surface area contributed by atoms with Gasteiger partial charge in [-0.05, 0) is 48.1 Å². The molecule has 2 aromatic rings. The van der Waals surface area contributed by atoms with E-state index in [1.165, 1.54) is 24.3 Å². The molecule has 3 atom stereocenters. The molecule has 0 radical (unpaired) electrons. The molecule has 0 bridgehead atoms. The van der Waals surface area contributed by atoms with E-state index in [2.05, 4.69) is 10.6 Å². The van der Waals surface area contributed by atoms with Crippen LogP contribution in [0, 0.1) is 16.7 Å². The van der Waals surface area contributed by atoms with Crippen LogP contribution in [0.3, 0.4) is 0 Å². The van der Waals surface area contributed by atoms with E-state index in [1.807, 2.05) is 0 Å². The molecule has 1 fully saturated rings. The second-order valence-electron chi connectivity index (χ2n) is 10.5. The Hall–Kier alpha value is -3.63. The van der Waals surface area contributed by atoms with Crippen molar-refractivity contribution >= 4 is 52.9 Å². The largest absolute Gasteiger partial charge is 0.480 e. The van der Waals surface area contributed by atoms with Crippen LogP contribution in [-0.4, -0.2) is 52.5 Å². The van der Waals surface area contributed by atoms with Crippen molar-refractivity contribution in [2.24, 2.45) is 16.7 Å². The fourth-order valence-corrected chi connectivity index (χ4v) is 5.52. The highest BCUT2D eigenvalue weighted by Gasteiger charge is 2.58. The Morgan fingerprint density at radius 1 is 1.00 bits per heavy atom. The van der Waals surface area contributed by atoms with Crippen LogP contribution in [0.4, 0.5) is 0 Å². The van der Waals surface area contributed by atoms with Crippen molar-refractivity contribution in [1.82, 2.24) is 10.6 Å². The number of nitrogens with one attached hydrogen (secondary N) is 2. The van der Waals surface area contributed by atoms with Gasteiger partial charge in [0.05, 0.1) is 21.0 Å². The molecular weight excluding hydrogens is 563 g/mol. The molecule has 4 N–H and O–H groups in total. The zero-order valence-electron chi connectivity index (χ0n) is 22.1. The Balaban J connectivity index is 1.66. The summed E-state index contributed by atoms with van der Waals surface area (Å²) in [6, 6.07) is 9.47. The third-order valence-corrected chi connectivity index (χ3v) is 8.43. The minimum absolute atomic E-state index is 0.0221. The van der Waals surface area contributed by atoms with Crippen LogP contribution in [0.2, 0.25) is 10.0 Å². The molecule has 3 rings (SSSR count). The number of rotatable bonds is 10. The van der Waals surface area contributed by atoms with Crippen molar-refractivity contribution in [2.75, 3.05) is 6.54 Å². The monoisotopic (exact) mass is 592 g/mol. The molecule has 0 spiro atoms. The molecule has 0 aromatic heterocycles. The third kappa shape index (κ3) is 6.56. The summed E-state index contributed by atoms with van der Waals surface area (Å²) in [5.74, 6) is -4.63. The molecule has 214 valence electrons. The molecule has 0 saturated heterocycles. The lowest BCUT2D eigenvalue weighted by atomic mass is 9.65. The van der Waals surface area contributed by atoms with Crippen molar-refractivity contribution in [3.8, 4) is 5.75 Å². The summed E-state index contributed by atoms with van der Waals surface area (Å²) < 4.78 is 5.33. The highest BCUT2D eigenvalue weighted by atomic mass is 35.5. The summed E-state index contributed by atoms with van der Waals surface area (Å²) in [5, 5.41) is 23.9. The Bertz CT molecular complexity index is 1310. The SMILES string of the molecule is CC1(C)[C@@H](C(=O)N[C@@H](Cc2ccc(OC(=O)c3c(Cl)cccc3Cl)cc2)C(=O)O)CC[C@@]1(C)C(=O)NCC(=O)O. The van der Waals surface area contributed by atoms with Gasteiger partial charge in [-0.2, -0.15) is 0 Å². The summed E-state index contributed by atoms with van der Waals surface area (Å²) in [7, 11) is 0. The lowest BCUT2D eigenvalue weighted by molar-refractivity contribution is -0.145. The van der Waals surface area contributed by atoms with Gasteiger partial charge in [-0.3, -0.25) is 14.4 Å². The first-order chi connectivity index (χ1) is 18.7. The zero-order chi connectivity index (χ0) is 29.8. The molecule has 0 unspecified atom stereocenters. The number of carboxylic acids is 2. The van der Waals surface area contributed by atoms with Gasteiger partial charge < -0.3 is 25.6 Å². The quantitative estimate of drug-likeness (QED) is 0.238. The Labute approximate surface area is 241 Å². The molecule has 12 heteroatoms. The van der Waals surface area contributed by atoms with Gasteiger partial charge in [0.15, 0.2) is 0 Å². The topological polar surface area (TPSA) is 159 Å². The van der Waals surface area contributed by atoms with E-state index in [1.54, 1.807) is 39.0 Å². The van der Waals surface area contributed by atoms with Crippen LogP contribution in [0.15, 0.2) is 42.5 Å². The molecule has 40 heavy (non-hydrogen) atoms. The first-order valence-corrected chi connectivity index (χ1v) is 13.2. The van der Waals surface area contributed by atoms with Crippen molar-refractivity contribution < 1.29 is 38.9 Å². The standard InChI is InChI=1S/C28H30Cl2N2O8/c1-27(2)17(11-12-28(27,3)26(39)31-14-21(33)34)23(35)32-20(24(36)37)13-15-7-9-16(10-8-15)40-25(38)22-18(29)5-4-6-19(22)30/h4-10,17,20H,11-14H2,1-3H3,(H,31,39)(H,32,35)(H,33,34)(H,36,37)/t17-,20+,28+/m1/s1. The molecule has 2 aromatic carbocycles. The highest BCUT2D eigenvalue weighted by molar-refractivity contribution is 6.39. The third-order valence-electron chi connectivity index (χ3n) is 7.80. The number of benzene rings is 2. The lowest BCUT2D eigenvalue weighted by Crippen LogP contribution is -2.52. The number of amides is 2. The van der Waals surface area contributed by atoms with Crippen molar-refractivity contribution in [1.29, 1.82) is 0 Å². The van der Waals surface area contributed by atoms with Crippen molar-refractivity contribution in [2.45, 2.75) is 46.1 Å². The van der Waals surface area contributed by atoms with Crippen molar-refractivity contribution in [3.63, 3.8) is 0 Å². The first kappa shape index (κ1) is 30.9. The minimum atomic E-state index is -1.26. The van der Waals surface area contributed by atoms with Gasteiger partial charge >= 0.3 is 17.9 Å². The highest BCUT2D eigenvalue weighted by Crippen LogP contribution is 2.56. The lowest BCUT2D eigenvalue weighted by Gasteiger charge is -2.40. The van der Waals surface area contributed by atoms with Gasteiger partial charge in [0, 0.05) is 12.3 Å². The van der Waals surface area contributed by atoms with Gasteiger partial charge in [0.25, 0.3) is 0 Å². The number of halogens is 2. The van der Waals surface area contributed by atoms with Crippen LogP contribution < -0.4 is 15.4 Å². The molecule has 1 saturated carbocycles. The van der Waals surface area contributed by atoms with Gasteiger partial charge in [-0.25, -0.2) is 9.59 Å². The number of hydrogen-bond donors (Lipinski definition) is 4. The zero-order valence-corrected chi connectivity index (χ0v) is 23.6. The maximum Gasteiger partial charge on any atom is 0.346 e. The van der Waals surface area contributed by atoms with Crippen molar-refractivity contribution in [3.05, 3.63) is 63.6 Å². The maximum atomic E-state index is 13.2. The fraction of sp³-hybridized carbons (Fsp3) is 0.393. The summed E-state index contributed by atoms with van der Waals surface area (Å²) in [4.78, 5) is 61.4. The second-order valence-corrected chi connectivity index (χ2v) is 11.3. The number of carbonyl (C=O) groups is 5. The number of carbonyl (C=O) groups excluding carboxylic acids is 3. The molecule has 10 nitrogen and oxygen atoms in total. The molecule has 1 aliphatic rings. The number of aliphatic carboxylic acids is 2. The summed E-state index contributed by atoms with van der Waals surface area (Å²) in [6.07, 6.45) is 0.619. The predicted octanol–water partition coefficient (Wildman–Crippen LogP) is 3.97. The van der Waals surface area contributed by atoms with Crippen LogP contribution in [0.25, 0.3) is 0 Å². The Morgan fingerprint density at radius 2 is 1.60 bits per heavy atom. The van der Waals surface area contributed by atoms with Gasteiger partial charge in [0.1, 0.15) is 18.3 Å². The number of esters is 1. The molecule has 0 heterocycles. The number of hydrogen-bond acceptors (Lipinski definition) is 6. The summed E-state index contributed by atoms with van der Waals surface area (Å²) in [6.45, 7) is 4.64. The van der Waals surface area contributed by atoms with E-state index in [9.17, 15) is 29.1 Å². The average Bonchev–Trinajstić information content (AvgIpc) is 3.12. The van der Waals surface area contributed by atoms with Crippen LogP contribution in [-0.2, 0) is 25.6 Å². The van der Waals surface area contributed by atoms with E-state index < -0.39 is 59.1 Å². The number of carboxylic acid groups (broad SMARTS) is 2. The van der Waals surface area contributed by atoms with Crippen LogP contribution in [0.1, 0.15) is 49.5 Å². The Morgan fingerprint density at radius 3 is 2.15 bits per heavy atom. The maximum absolute atomic E-state index is 13.2. The normalized spacial score (nSPS) is 20.3. The second kappa shape index (κ2) is 12.3. The molecule has 2 amide bonds. The fourth-order valence-electron chi connectivity index (χ4n) is 4.97. The number of ether oxygens (including phenoxy) is 1. The minimum Gasteiger partial charge on any atom is -0.480 e. The van der Waals surface area contributed by atoms with Gasteiger partial charge in [-0.15, -0.1) is 0 Å². The average molecular weight is 593 g/mol. The molecule has 0 aliphatic heterocycles. The van der Waals surface area contributed by atoms with E-state index >= 15 is 0 Å². The van der Waals surface area contributed by atoms with E-state index in [0.717, 1.165) is 0 Å². The van der Waals surface area contributed by atoms with E-state index in [-0.39, 0.29) is 27.8 Å². The smallest absolute Gasteiger partial charge is 0.346 e. The van der Waals surface area contributed by atoms with E-state index in [0.29, 0.717) is 18.4 Å². The summed E-state index contributed by atoms with van der Waals surface area (Å²) >= 11 is 12.1. The Kier molecular flexibility index (Phi) is 9.48. The molecular formula is C28H30Cl2N2O8. The summed E-state index contributed by atoms with van der Waals surface area (Å²) in [5.41, 5.74) is -1.32. The van der Waals surface area contributed by atoms with Gasteiger partial charge in [-0.1, -0.05) is 62.2 Å². The predicted molar refractivity (Wildman–Crippen MR) is 146 cm³/mol. The van der Waals surface area contributed by atoms with Crippen LogP contribution >= 0.6 is 23.2 Å². The van der Waals surface area contributed by atoms with Crippen LogP contribution in [0.5, 0.6) is 5.75 Å². The van der Waals surface area contributed by atoms with E-state index in [4.69, 9.17) is 33.0 Å². The molecule has 1 aliphatic carbocycles.